The van der Waals surface area contributed by atoms with Crippen molar-refractivity contribution in [3.63, 3.8) is 0 Å². The van der Waals surface area contributed by atoms with E-state index < -0.39 is 39.4 Å². The Morgan fingerprint density at radius 1 is 0.476 bits per heavy atom. The maximum absolute atomic E-state index is 13.6. The van der Waals surface area contributed by atoms with Crippen LogP contribution >= 0.6 is 0 Å². The van der Waals surface area contributed by atoms with Crippen LogP contribution in [0.4, 0.5) is 9.59 Å². The topological polar surface area (TPSA) is 217 Å². The molecule has 2 unspecified atom stereocenters. The lowest BCUT2D eigenvalue weighted by atomic mass is 9.65. The lowest BCUT2D eigenvalue weighted by Gasteiger charge is -2.40. The average molecular weight is 1170 g/mol. The Hall–Kier alpha value is -5.42. The maximum atomic E-state index is 13.6. The van der Waals surface area contributed by atoms with E-state index in [0.29, 0.717) is 101 Å². The van der Waals surface area contributed by atoms with Gasteiger partial charge in [0.25, 0.3) is 0 Å². The van der Waals surface area contributed by atoms with Crippen LogP contribution in [0.25, 0.3) is 0 Å². The number of esters is 6. The Bertz CT molecular complexity index is 2000. The van der Waals surface area contributed by atoms with E-state index in [9.17, 15) is 38.4 Å². The van der Waals surface area contributed by atoms with Crippen LogP contribution in [-0.2, 0) is 66.7 Å². The fourth-order valence-electron chi connectivity index (χ4n) is 7.68. The summed E-state index contributed by atoms with van der Waals surface area (Å²) in [4.78, 5) is 101. The zero-order chi connectivity index (χ0) is 62.4. The Kier molecular flexibility index (Phi) is 40.5. The number of amides is 2. The fourth-order valence-corrected chi connectivity index (χ4v) is 7.68. The van der Waals surface area contributed by atoms with E-state index in [-0.39, 0.29) is 88.5 Å². The van der Waals surface area contributed by atoms with Gasteiger partial charge in [-0.15, -0.1) is 0 Å². The van der Waals surface area contributed by atoms with Gasteiger partial charge >= 0.3 is 48.0 Å². The van der Waals surface area contributed by atoms with Crippen molar-refractivity contribution in [1.82, 2.24) is 9.80 Å². The van der Waals surface area contributed by atoms with Gasteiger partial charge in [-0.05, 0) is 134 Å². The zero-order valence-electron chi connectivity index (χ0n) is 53.3. The summed E-state index contributed by atoms with van der Waals surface area (Å²) in [5.74, 6) is -1.60. The van der Waals surface area contributed by atoms with Crippen molar-refractivity contribution in [2.24, 2.45) is 28.1 Å². The Balaban J connectivity index is -0.000000605. The zero-order valence-corrected chi connectivity index (χ0v) is 53.3. The molecule has 478 valence electrons. The summed E-state index contributed by atoms with van der Waals surface area (Å²) < 4.78 is 42.8. The quantitative estimate of drug-likeness (QED) is 0.0402. The van der Waals surface area contributed by atoms with Crippen molar-refractivity contribution in [1.29, 1.82) is 0 Å². The molecular formula is C64H116N2O16. The predicted molar refractivity (Wildman–Crippen MR) is 325 cm³/mol. The van der Waals surface area contributed by atoms with Crippen LogP contribution in [0.15, 0.2) is 36.5 Å². The molecule has 2 saturated heterocycles. The van der Waals surface area contributed by atoms with E-state index in [2.05, 4.69) is 26.7 Å². The first-order valence-corrected chi connectivity index (χ1v) is 28.7. The molecule has 0 aromatic heterocycles. The first-order chi connectivity index (χ1) is 36.7. The second kappa shape index (κ2) is 40.0. The number of rotatable bonds is 23. The van der Waals surface area contributed by atoms with Crippen LogP contribution in [0.3, 0.4) is 0 Å². The van der Waals surface area contributed by atoms with Crippen LogP contribution in [0, 0.1) is 28.1 Å². The van der Waals surface area contributed by atoms with Crippen molar-refractivity contribution in [2.45, 2.75) is 247 Å². The Morgan fingerprint density at radius 3 is 1.18 bits per heavy atom. The first-order valence-electron chi connectivity index (χ1n) is 28.7. The van der Waals surface area contributed by atoms with E-state index in [1.165, 1.54) is 0 Å². The minimum Gasteiger partial charge on any atom is -0.465 e. The average Bonchev–Trinajstić information content (AvgIpc) is 3.34. The van der Waals surface area contributed by atoms with Crippen LogP contribution in [0.5, 0.6) is 0 Å². The highest BCUT2D eigenvalue weighted by molar-refractivity contribution is 5.88. The Morgan fingerprint density at radius 2 is 0.829 bits per heavy atom. The molecule has 0 spiro atoms. The van der Waals surface area contributed by atoms with Gasteiger partial charge in [-0.1, -0.05) is 95.9 Å². The number of carbonyl (C=O) groups excluding carboxylic acids is 8. The molecule has 0 saturated carbocycles. The van der Waals surface area contributed by atoms with Crippen molar-refractivity contribution >= 4 is 48.0 Å². The maximum Gasteiger partial charge on any atom is 0.410 e. The van der Waals surface area contributed by atoms with Crippen LogP contribution < -0.4 is 0 Å². The normalized spacial score (nSPS) is 15.1. The van der Waals surface area contributed by atoms with Crippen molar-refractivity contribution in [3.8, 4) is 0 Å². The smallest absolute Gasteiger partial charge is 0.410 e. The largest absolute Gasteiger partial charge is 0.465 e. The van der Waals surface area contributed by atoms with Gasteiger partial charge in [0.05, 0.1) is 42.7 Å². The van der Waals surface area contributed by atoms with E-state index in [1.54, 1.807) is 51.3 Å². The molecule has 82 heavy (non-hydrogen) atoms. The summed E-state index contributed by atoms with van der Waals surface area (Å²) in [7, 11) is 0. The van der Waals surface area contributed by atoms with Gasteiger partial charge < -0.3 is 47.7 Å². The van der Waals surface area contributed by atoms with Gasteiger partial charge in [0.15, 0.2) is 0 Å². The fraction of sp³-hybridized carbons (Fsp3) is 0.781. The summed E-state index contributed by atoms with van der Waals surface area (Å²) >= 11 is 0. The van der Waals surface area contributed by atoms with E-state index in [1.807, 2.05) is 90.0 Å². The second-order valence-electron chi connectivity index (χ2n) is 25.2. The lowest BCUT2D eigenvalue weighted by molar-refractivity contribution is -0.172. The van der Waals surface area contributed by atoms with Crippen LogP contribution in [0.2, 0.25) is 0 Å². The molecular weight excluding hydrogens is 1050 g/mol. The molecule has 2 aliphatic heterocycles. The number of ether oxygens (including phenoxy) is 8. The highest BCUT2D eigenvalue weighted by Crippen LogP contribution is 2.46. The van der Waals surface area contributed by atoms with Gasteiger partial charge in [0.1, 0.15) is 23.4 Å². The monoisotopic (exact) mass is 1170 g/mol. The molecule has 2 rings (SSSR count). The van der Waals surface area contributed by atoms with Crippen LogP contribution in [0.1, 0.15) is 224 Å². The summed E-state index contributed by atoms with van der Waals surface area (Å²) in [5.41, 5.74) is -2.83. The van der Waals surface area contributed by atoms with E-state index in [0.717, 1.165) is 25.7 Å². The number of likely N-dealkylation sites (tertiary alicyclic amines) is 2. The third-order valence-corrected chi connectivity index (χ3v) is 12.3. The van der Waals surface area contributed by atoms with Crippen molar-refractivity contribution < 1.29 is 76.3 Å². The number of carbonyl (C=O) groups is 8. The molecule has 18 heteroatoms. The van der Waals surface area contributed by atoms with E-state index in [4.69, 9.17) is 37.9 Å². The molecule has 0 bridgehead atoms. The van der Waals surface area contributed by atoms with E-state index >= 15 is 0 Å². The molecule has 2 atom stereocenters. The van der Waals surface area contributed by atoms with Gasteiger partial charge in [-0.3, -0.25) is 14.4 Å². The van der Waals surface area contributed by atoms with Crippen LogP contribution in [-0.4, -0.2) is 134 Å². The molecule has 0 aliphatic carbocycles. The SMILES string of the molecule is C.C.C=C(C)C(=O)OC1CCN(C(=O)OC(C)(C)C)CC1.C=C(C)C(=O)OCC(C)C.C=C(C)C(=O)OCCCC.CCCCOC(=O)C(C)(CC)CC(C)(CC(C)(C)C(=O)OC1CCN(C(=O)OC(C)(C)C)CC1)C(=O)OCC(C)C. The molecule has 2 aliphatic rings. The minimum atomic E-state index is -1.13. The summed E-state index contributed by atoms with van der Waals surface area (Å²) in [6.45, 7) is 50.9. The minimum absolute atomic E-state index is 0. The molecule has 0 radical (unpaired) electrons. The number of unbranched alkanes of at least 4 members (excludes halogenated alkanes) is 2. The lowest BCUT2D eigenvalue weighted by Crippen LogP contribution is -2.46. The molecule has 2 fully saturated rings. The molecule has 18 nitrogen and oxygen atoms in total. The van der Waals surface area contributed by atoms with Gasteiger partial charge in [-0.2, -0.15) is 0 Å². The predicted octanol–water partition coefficient (Wildman–Crippen LogP) is 14.1. The van der Waals surface area contributed by atoms with Crippen molar-refractivity contribution in [2.75, 3.05) is 52.6 Å². The molecule has 2 heterocycles. The Labute approximate surface area is 496 Å². The first kappa shape index (κ1) is 83.0. The number of piperidine rings is 2. The summed E-state index contributed by atoms with van der Waals surface area (Å²) in [6, 6.07) is 0. The second-order valence-corrected chi connectivity index (χ2v) is 25.2. The third-order valence-electron chi connectivity index (χ3n) is 12.3. The number of nitrogens with zero attached hydrogens (tertiary/aromatic N) is 2. The van der Waals surface area contributed by atoms with Gasteiger partial charge in [0, 0.05) is 68.6 Å². The standard InChI is InChI=1S/C32H57NO8.C14H23NO4.2C8H14O2.2CH4/c1-12-14-19-38-26(35)31(10,13-2)22-32(11,27(36)39-20-23(3)4)21-30(8,9)25(34)40-24-15-17-33(18-16-24)28(37)41-29(5,6)7;1-10(2)12(16)18-11-6-8-15(9-7-11)13(17)19-14(3,4)5;1-6(2)5-10-8(9)7(3)4;1-4-5-6-10-8(9)7(2)3;;/h23-24H,12-22H2,1-11H3;11H,1,6-9H2,2-5H3;6H,3,5H2,1-2,4H3;2,4-6H2,1,3H3;2*1H4. The summed E-state index contributed by atoms with van der Waals surface area (Å²) in [5, 5.41) is 0. The van der Waals surface area contributed by atoms with Gasteiger partial charge in [0.2, 0.25) is 0 Å². The molecule has 2 amide bonds. The molecule has 0 aromatic rings. The highest BCUT2D eigenvalue weighted by Gasteiger charge is 2.50. The highest BCUT2D eigenvalue weighted by atomic mass is 16.6. The third kappa shape index (κ3) is 36.2. The summed E-state index contributed by atoms with van der Waals surface area (Å²) in [6.07, 6.45) is 5.59. The van der Waals surface area contributed by atoms with Gasteiger partial charge in [-0.25, -0.2) is 24.0 Å². The molecule has 0 N–H and O–H groups in total. The molecule has 0 aromatic carbocycles. The number of hydrogen-bond donors (Lipinski definition) is 0. The van der Waals surface area contributed by atoms with Crippen molar-refractivity contribution in [3.05, 3.63) is 36.5 Å². The number of hydrogen-bond acceptors (Lipinski definition) is 16.